The lowest BCUT2D eigenvalue weighted by atomic mass is 10.1. The Morgan fingerprint density at radius 2 is 1.94 bits per heavy atom. The number of benzene rings is 1. The highest BCUT2D eigenvalue weighted by Crippen LogP contribution is 2.27. The van der Waals surface area contributed by atoms with Gasteiger partial charge in [0, 0.05) is 31.3 Å². The fraction of sp³-hybridized carbons (Fsp3) is 0.360. The van der Waals surface area contributed by atoms with Crippen LogP contribution in [0.15, 0.2) is 48.9 Å². The van der Waals surface area contributed by atoms with Gasteiger partial charge in [0.1, 0.15) is 0 Å². The average molecular weight is 478 g/mol. The van der Waals surface area contributed by atoms with Crippen molar-refractivity contribution in [3.8, 4) is 17.0 Å². The topological polar surface area (TPSA) is 98.4 Å². The Hall–Kier alpha value is -3.95. The van der Waals surface area contributed by atoms with E-state index in [0.717, 1.165) is 49.0 Å². The van der Waals surface area contributed by atoms with Gasteiger partial charge >= 0.3 is 0 Å². The number of amides is 1. The highest BCUT2D eigenvalue weighted by Gasteiger charge is 2.12. The Balaban J connectivity index is 1.39. The Morgan fingerprint density at radius 3 is 2.86 bits per heavy atom. The molecule has 3 aromatic heterocycles. The second-order valence-electron chi connectivity index (χ2n) is 8.62. The van der Waals surface area contributed by atoms with E-state index in [4.69, 9.17) is 4.74 Å². The van der Waals surface area contributed by atoms with E-state index in [1.807, 2.05) is 29.1 Å². The van der Waals surface area contributed by atoms with Gasteiger partial charge in [-0.1, -0.05) is 12.8 Å². The molecule has 0 aliphatic carbocycles. The smallest absolute Gasteiger partial charge is 0.245 e. The summed E-state index contributed by atoms with van der Waals surface area (Å²) in [6.45, 7) is 1.73. The van der Waals surface area contributed by atoms with Crippen molar-refractivity contribution in [1.82, 2.24) is 29.7 Å². The van der Waals surface area contributed by atoms with E-state index in [-0.39, 0.29) is 11.7 Å². The van der Waals surface area contributed by atoms with Crippen LogP contribution in [0.25, 0.3) is 16.8 Å². The van der Waals surface area contributed by atoms with Crippen LogP contribution in [0.1, 0.15) is 38.5 Å². The molecule has 9 nitrogen and oxygen atoms in total. The molecule has 0 radical (unpaired) electrons. The Morgan fingerprint density at radius 1 is 1.03 bits per heavy atom. The Bertz CT molecular complexity index is 1320. The predicted molar refractivity (Wildman–Crippen MR) is 130 cm³/mol. The highest BCUT2D eigenvalue weighted by molar-refractivity contribution is 5.75. The molecule has 1 amide bonds. The number of rotatable bonds is 0. The zero-order valence-corrected chi connectivity index (χ0v) is 19.4. The van der Waals surface area contributed by atoms with Crippen molar-refractivity contribution in [3.05, 3.63) is 54.7 Å². The Kier molecular flexibility index (Phi) is 6.87. The molecule has 0 spiro atoms. The zero-order valence-electron chi connectivity index (χ0n) is 19.4. The molecule has 4 aromatic rings. The van der Waals surface area contributed by atoms with E-state index < -0.39 is 5.82 Å². The van der Waals surface area contributed by atoms with Crippen molar-refractivity contribution in [1.29, 1.82) is 0 Å². The summed E-state index contributed by atoms with van der Waals surface area (Å²) < 4.78 is 24.0. The predicted octanol–water partition coefficient (Wildman–Crippen LogP) is 4.32. The third-order valence-electron chi connectivity index (χ3n) is 5.96. The number of hydrogen-bond donors (Lipinski definition) is 2. The van der Waals surface area contributed by atoms with Crippen LogP contribution in [0.3, 0.4) is 0 Å². The molecular formula is C25H28FN7O2. The second-order valence-corrected chi connectivity index (χ2v) is 8.62. The molecule has 0 unspecified atom stereocenters. The van der Waals surface area contributed by atoms with Gasteiger partial charge in [-0.25, -0.2) is 13.9 Å². The van der Waals surface area contributed by atoms with Crippen LogP contribution in [0, 0.1) is 5.82 Å². The zero-order chi connectivity index (χ0) is 24.0. The number of anilines is 2. The first kappa shape index (κ1) is 22.8. The number of ether oxygens (including phenoxy) is 1. The van der Waals surface area contributed by atoms with E-state index in [1.54, 1.807) is 23.0 Å². The molecule has 0 fully saturated rings. The third-order valence-corrected chi connectivity index (χ3v) is 5.96. The maximum atomic E-state index is 14.8. The molecule has 35 heavy (non-hydrogen) atoms. The van der Waals surface area contributed by atoms with Gasteiger partial charge in [-0.2, -0.15) is 5.10 Å². The standard InChI is InChI=1S/C25H28FN7O2/c26-21-14-18-7-10-23(21)35-13-4-2-1-3-6-24(34)27-11-5-12-32-17-19(15-29-32)30-25-28-16-20-8-9-22(18)33(20)31-25/h7-10,14-17H,1-6,11-13H2,(H,27,34)(H,30,31). The summed E-state index contributed by atoms with van der Waals surface area (Å²) in [4.78, 5) is 16.4. The van der Waals surface area contributed by atoms with Crippen LogP contribution in [-0.2, 0) is 11.3 Å². The molecule has 2 aliphatic rings. The molecule has 0 saturated carbocycles. The fourth-order valence-electron chi connectivity index (χ4n) is 4.11. The van der Waals surface area contributed by atoms with Crippen LogP contribution >= 0.6 is 0 Å². The van der Waals surface area contributed by atoms with Crippen LogP contribution in [0.2, 0.25) is 0 Å². The summed E-state index contributed by atoms with van der Waals surface area (Å²) in [6.07, 6.45) is 10.1. The van der Waals surface area contributed by atoms with Gasteiger partial charge < -0.3 is 15.4 Å². The quantitative estimate of drug-likeness (QED) is 0.391. The van der Waals surface area contributed by atoms with Gasteiger partial charge in [0.05, 0.1) is 35.9 Å². The molecule has 0 atom stereocenters. The van der Waals surface area contributed by atoms with Crippen LogP contribution < -0.4 is 15.4 Å². The van der Waals surface area contributed by atoms with Crippen LogP contribution in [0.5, 0.6) is 5.75 Å². The summed E-state index contributed by atoms with van der Waals surface area (Å²) in [7, 11) is 0. The van der Waals surface area contributed by atoms with Crippen LogP contribution in [0.4, 0.5) is 16.0 Å². The van der Waals surface area contributed by atoms with Crippen molar-refractivity contribution in [3.63, 3.8) is 0 Å². The summed E-state index contributed by atoms with van der Waals surface area (Å²) in [5.74, 6) is 0.287. The normalized spacial score (nSPS) is 15.9. The summed E-state index contributed by atoms with van der Waals surface area (Å²) in [5, 5.41) is 15.1. The summed E-state index contributed by atoms with van der Waals surface area (Å²) in [6, 6.07) is 8.74. The number of halogens is 1. The molecule has 182 valence electrons. The SMILES string of the molecule is O=C1CCCCCCOc2ccc(cc2F)-c2ccc3cnc(nn23)Nc2cnn(c2)CCCN1. The summed E-state index contributed by atoms with van der Waals surface area (Å²) in [5.41, 5.74) is 3.00. The molecule has 6 bridgehead atoms. The van der Waals surface area contributed by atoms with Gasteiger partial charge in [-0.05, 0) is 49.6 Å². The number of aryl methyl sites for hydroxylation is 1. The van der Waals surface area contributed by atoms with Crippen LogP contribution in [-0.4, -0.2) is 43.4 Å². The molecule has 2 aliphatic heterocycles. The van der Waals surface area contributed by atoms with Crippen molar-refractivity contribution >= 4 is 23.1 Å². The maximum Gasteiger partial charge on any atom is 0.245 e. The first-order valence-corrected chi connectivity index (χ1v) is 12.0. The van der Waals surface area contributed by atoms with Crippen molar-refractivity contribution in [2.24, 2.45) is 0 Å². The number of nitrogens with one attached hydrogen (secondary N) is 2. The largest absolute Gasteiger partial charge is 0.491 e. The van der Waals surface area contributed by atoms with Gasteiger partial charge in [0.15, 0.2) is 11.6 Å². The minimum Gasteiger partial charge on any atom is -0.491 e. The number of carbonyl (C=O) groups is 1. The van der Waals surface area contributed by atoms with Crippen molar-refractivity contribution in [2.75, 3.05) is 18.5 Å². The number of aromatic nitrogens is 5. The number of fused-ring (bicyclic) bond motifs is 13. The van der Waals surface area contributed by atoms with Gasteiger partial charge in [-0.3, -0.25) is 9.48 Å². The lowest BCUT2D eigenvalue weighted by Gasteiger charge is -2.10. The number of carbonyl (C=O) groups excluding carboxylic acids is 1. The molecule has 0 saturated heterocycles. The van der Waals surface area contributed by atoms with E-state index in [0.29, 0.717) is 37.6 Å². The van der Waals surface area contributed by atoms with Crippen molar-refractivity contribution < 1.29 is 13.9 Å². The monoisotopic (exact) mass is 477 g/mol. The fourth-order valence-corrected chi connectivity index (χ4v) is 4.11. The van der Waals surface area contributed by atoms with E-state index in [2.05, 4.69) is 25.8 Å². The number of nitrogens with zero attached hydrogens (tertiary/aromatic N) is 5. The minimum atomic E-state index is -0.414. The lowest BCUT2D eigenvalue weighted by Crippen LogP contribution is -2.24. The highest BCUT2D eigenvalue weighted by atomic mass is 19.1. The molecule has 5 heterocycles. The molecular weight excluding hydrogens is 449 g/mol. The third kappa shape index (κ3) is 5.59. The average Bonchev–Trinajstić information content (AvgIpc) is 3.48. The van der Waals surface area contributed by atoms with E-state index in [9.17, 15) is 9.18 Å². The van der Waals surface area contributed by atoms with Gasteiger partial charge in [0.25, 0.3) is 0 Å². The molecule has 1 aromatic carbocycles. The van der Waals surface area contributed by atoms with E-state index >= 15 is 0 Å². The van der Waals surface area contributed by atoms with Crippen molar-refractivity contribution in [2.45, 2.75) is 45.1 Å². The molecule has 10 heteroatoms. The maximum absolute atomic E-state index is 14.8. The minimum absolute atomic E-state index is 0.0672. The summed E-state index contributed by atoms with van der Waals surface area (Å²) >= 11 is 0. The number of hydrogen-bond acceptors (Lipinski definition) is 6. The van der Waals surface area contributed by atoms with Gasteiger partial charge in [-0.15, -0.1) is 5.10 Å². The first-order chi connectivity index (χ1) is 17.2. The second kappa shape index (κ2) is 10.5. The van der Waals surface area contributed by atoms with Gasteiger partial charge in [0.2, 0.25) is 11.9 Å². The Labute approximate surface area is 202 Å². The first-order valence-electron chi connectivity index (χ1n) is 12.0. The molecule has 2 N–H and O–H groups in total. The molecule has 6 rings (SSSR count). The van der Waals surface area contributed by atoms with E-state index in [1.165, 1.54) is 6.07 Å². The lowest BCUT2D eigenvalue weighted by molar-refractivity contribution is -0.121.